The number of halogens is 3. The molecule has 3 aromatic heterocycles. The van der Waals surface area contributed by atoms with Gasteiger partial charge in [0.2, 0.25) is 5.95 Å². The Bertz CT molecular complexity index is 1250. The van der Waals surface area contributed by atoms with Crippen molar-refractivity contribution in [3.63, 3.8) is 0 Å². The zero-order valence-corrected chi connectivity index (χ0v) is 21.4. The SMILES string of the molecule is CN(CC1CCCN1CCn1ccc2ccc(C(N)=O)nc21)C1CCN(c2ncc(C(F)(F)F)cn2)CC1. The average molecular weight is 531 g/mol. The van der Waals surface area contributed by atoms with E-state index in [4.69, 9.17) is 5.73 Å². The van der Waals surface area contributed by atoms with Crippen molar-refractivity contribution < 1.29 is 18.0 Å². The fourth-order valence-corrected chi connectivity index (χ4v) is 5.63. The average Bonchev–Trinajstić information content (AvgIpc) is 3.53. The normalized spacial score (nSPS) is 19.6. The summed E-state index contributed by atoms with van der Waals surface area (Å²) in [7, 11) is 2.17. The van der Waals surface area contributed by atoms with E-state index in [0.717, 1.165) is 82.0 Å². The van der Waals surface area contributed by atoms with Crippen molar-refractivity contribution in [3.8, 4) is 0 Å². The van der Waals surface area contributed by atoms with Crippen LogP contribution in [0.4, 0.5) is 19.1 Å². The number of alkyl halides is 3. The van der Waals surface area contributed by atoms with Gasteiger partial charge in [-0.1, -0.05) is 0 Å². The summed E-state index contributed by atoms with van der Waals surface area (Å²) in [4.78, 5) is 30.8. The van der Waals surface area contributed by atoms with E-state index in [1.807, 2.05) is 23.2 Å². The molecule has 0 saturated carbocycles. The molecule has 2 fully saturated rings. The van der Waals surface area contributed by atoms with Crippen molar-refractivity contribution >= 4 is 22.9 Å². The molecule has 12 heteroatoms. The lowest BCUT2D eigenvalue weighted by atomic mass is 10.0. The first-order valence-corrected chi connectivity index (χ1v) is 13.0. The third-order valence-corrected chi connectivity index (χ3v) is 7.83. The lowest BCUT2D eigenvalue weighted by molar-refractivity contribution is -0.138. The van der Waals surface area contributed by atoms with Crippen LogP contribution >= 0.6 is 0 Å². The van der Waals surface area contributed by atoms with Gasteiger partial charge in [-0.2, -0.15) is 13.2 Å². The number of carbonyl (C=O) groups excluding carboxylic acids is 1. The Morgan fingerprint density at radius 1 is 1.08 bits per heavy atom. The van der Waals surface area contributed by atoms with E-state index >= 15 is 0 Å². The van der Waals surface area contributed by atoms with Crippen LogP contribution in [-0.2, 0) is 12.7 Å². The van der Waals surface area contributed by atoms with Gasteiger partial charge in [0.1, 0.15) is 11.3 Å². The first-order valence-electron chi connectivity index (χ1n) is 13.0. The maximum atomic E-state index is 12.8. The van der Waals surface area contributed by atoms with Gasteiger partial charge in [-0.15, -0.1) is 0 Å². The highest BCUT2D eigenvalue weighted by Gasteiger charge is 2.33. The molecule has 0 spiro atoms. The summed E-state index contributed by atoms with van der Waals surface area (Å²) in [5.74, 6) is -0.170. The van der Waals surface area contributed by atoms with E-state index < -0.39 is 17.6 Å². The van der Waals surface area contributed by atoms with Crippen molar-refractivity contribution in [2.24, 2.45) is 5.73 Å². The lowest BCUT2D eigenvalue weighted by Gasteiger charge is -2.38. The van der Waals surface area contributed by atoms with Gasteiger partial charge >= 0.3 is 6.18 Å². The second-order valence-electron chi connectivity index (χ2n) is 10.2. The second kappa shape index (κ2) is 10.9. The van der Waals surface area contributed by atoms with E-state index in [1.54, 1.807) is 6.07 Å². The number of piperidine rings is 1. The van der Waals surface area contributed by atoms with Gasteiger partial charge in [-0.05, 0) is 57.5 Å². The van der Waals surface area contributed by atoms with Crippen molar-refractivity contribution in [1.82, 2.24) is 29.3 Å². The van der Waals surface area contributed by atoms with Gasteiger partial charge in [0.15, 0.2) is 0 Å². The number of rotatable bonds is 8. The van der Waals surface area contributed by atoms with E-state index in [0.29, 0.717) is 18.0 Å². The molecule has 1 unspecified atom stereocenters. The highest BCUT2D eigenvalue weighted by molar-refractivity contribution is 5.93. The summed E-state index contributed by atoms with van der Waals surface area (Å²) >= 11 is 0. The van der Waals surface area contributed by atoms with Crippen LogP contribution in [-0.4, -0.2) is 87.1 Å². The third-order valence-electron chi connectivity index (χ3n) is 7.83. The molecule has 2 saturated heterocycles. The summed E-state index contributed by atoms with van der Waals surface area (Å²) in [6.45, 7) is 5.14. The number of fused-ring (bicyclic) bond motifs is 1. The molecule has 1 amide bonds. The molecule has 38 heavy (non-hydrogen) atoms. The summed E-state index contributed by atoms with van der Waals surface area (Å²) < 4.78 is 40.5. The molecular weight excluding hydrogens is 497 g/mol. The fraction of sp³-hybridized carbons (Fsp3) is 0.538. The van der Waals surface area contributed by atoms with Crippen LogP contribution in [0.15, 0.2) is 36.8 Å². The molecule has 2 N–H and O–H groups in total. The van der Waals surface area contributed by atoms with Crippen LogP contribution in [0.3, 0.4) is 0 Å². The van der Waals surface area contributed by atoms with Gasteiger partial charge in [0.25, 0.3) is 5.91 Å². The Morgan fingerprint density at radius 2 is 1.82 bits per heavy atom. The minimum atomic E-state index is -4.43. The lowest BCUT2D eigenvalue weighted by Crippen LogP contribution is -2.48. The smallest absolute Gasteiger partial charge is 0.364 e. The molecule has 2 aliphatic rings. The van der Waals surface area contributed by atoms with Crippen molar-refractivity contribution in [3.05, 3.63) is 48.0 Å². The minimum absolute atomic E-state index is 0.272. The molecule has 0 bridgehead atoms. The van der Waals surface area contributed by atoms with Gasteiger partial charge in [0, 0.05) is 68.8 Å². The summed E-state index contributed by atoms with van der Waals surface area (Å²) in [5, 5.41) is 0.987. The van der Waals surface area contributed by atoms with E-state index in [9.17, 15) is 18.0 Å². The third kappa shape index (κ3) is 5.75. The highest BCUT2D eigenvalue weighted by atomic mass is 19.4. The number of nitrogens with two attached hydrogens (primary N) is 1. The van der Waals surface area contributed by atoms with Crippen molar-refractivity contribution in [2.45, 2.75) is 50.5 Å². The number of amides is 1. The molecule has 3 aromatic rings. The van der Waals surface area contributed by atoms with Crippen LogP contribution in [0.5, 0.6) is 0 Å². The Kier molecular flexibility index (Phi) is 7.53. The number of aromatic nitrogens is 4. The molecule has 9 nitrogen and oxygen atoms in total. The van der Waals surface area contributed by atoms with Gasteiger partial charge < -0.3 is 20.1 Å². The number of hydrogen-bond donors (Lipinski definition) is 1. The second-order valence-corrected chi connectivity index (χ2v) is 10.2. The number of likely N-dealkylation sites (N-methyl/N-ethyl adjacent to an activating group) is 1. The van der Waals surface area contributed by atoms with Crippen LogP contribution < -0.4 is 10.6 Å². The Morgan fingerprint density at radius 3 is 2.50 bits per heavy atom. The van der Waals surface area contributed by atoms with Gasteiger partial charge in [-0.3, -0.25) is 9.69 Å². The Labute approximate surface area is 219 Å². The quantitative estimate of drug-likeness (QED) is 0.478. The van der Waals surface area contributed by atoms with Crippen molar-refractivity contribution in [2.75, 3.05) is 44.7 Å². The maximum Gasteiger partial charge on any atom is 0.419 e. The Hall–Kier alpha value is -3.25. The van der Waals surface area contributed by atoms with E-state index in [1.165, 1.54) is 6.42 Å². The molecule has 0 radical (unpaired) electrons. The Balaban J connectivity index is 1.13. The largest absolute Gasteiger partial charge is 0.419 e. The number of pyridine rings is 1. The molecule has 204 valence electrons. The highest BCUT2D eigenvalue weighted by Crippen LogP contribution is 2.29. The number of likely N-dealkylation sites (tertiary alicyclic amines) is 1. The van der Waals surface area contributed by atoms with Crippen LogP contribution in [0.25, 0.3) is 11.0 Å². The predicted octanol–water partition coefficient (Wildman–Crippen LogP) is 3.01. The topological polar surface area (TPSA) is 96.4 Å². The van der Waals surface area contributed by atoms with Crippen LogP contribution in [0.1, 0.15) is 41.7 Å². The first kappa shape index (κ1) is 26.4. The zero-order valence-electron chi connectivity index (χ0n) is 21.4. The van der Waals surface area contributed by atoms with Gasteiger partial charge in [0.05, 0.1) is 5.56 Å². The maximum absolute atomic E-state index is 12.8. The molecular formula is C26H33F3N8O. The number of anilines is 1. The van der Waals surface area contributed by atoms with E-state index in [2.05, 4.69) is 36.4 Å². The first-order chi connectivity index (χ1) is 18.2. The summed E-state index contributed by atoms with van der Waals surface area (Å²) in [6.07, 6.45) is 3.44. The zero-order chi connectivity index (χ0) is 26.9. The van der Waals surface area contributed by atoms with Crippen LogP contribution in [0, 0.1) is 0 Å². The van der Waals surface area contributed by atoms with Crippen LogP contribution in [0.2, 0.25) is 0 Å². The molecule has 5 heterocycles. The number of primary amides is 1. The molecule has 5 rings (SSSR count). The number of carbonyl (C=O) groups is 1. The van der Waals surface area contributed by atoms with Crippen molar-refractivity contribution in [1.29, 1.82) is 0 Å². The monoisotopic (exact) mass is 530 g/mol. The summed E-state index contributed by atoms with van der Waals surface area (Å²) in [6, 6.07) is 6.41. The number of hydrogen-bond acceptors (Lipinski definition) is 7. The molecule has 0 aromatic carbocycles. The molecule has 2 aliphatic heterocycles. The predicted molar refractivity (Wildman–Crippen MR) is 138 cm³/mol. The molecule has 0 aliphatic carbocycles. The van der Waals surface area contributed by atoms with Gasteiger partial charge in [-0.25, -0.2) is 15.0 Å². The molecule has 1 atom stereocenters. The summed E-state index contributed by atoms with van der Waals surface area (Å²) in [5.41, 5.74) is 5.63. The van der Waals surface area contributed by atoms with E-state index in [-0.39, 0.29) is 5.69 Å². The standard InChI is InChI=1S/C26H33F3N8O/c1-34(20-7-11-37(12-8-20)25-31-15-19(16-32-25)26(27,28)29)17-21-3-2-9-35(21)13-14-36-10-6-18-4-5-22(23(30)38)33-24(18)36/h4-6,10,15-16,20-21H,2-3,7-9,11-14,17H2,1H3,(H2,30,38). The minimum Gasteiger partial charge on any atom is -0.364 e. The number of nitrogens with zero attached hydrogens (tertiary/aromatic N) is 7. The fourth-order valence-electron chi connectivity index (χ4n) is 5.63.